The molecule has 29 heavy (non-hydrogen) atoms. The fourth-order valence-electron chi connectivity index (χ4n) is 5.05. The number of likely N-dealkylation sites (tertiary alicyclic amines) is 1. The normalized spacial score (nSPS) is 25.3. The van der Waals surface area contributed by atoms with Crippen LogP contribution in [0.3, 0.4) is 0 Å². The number of amides is 1. The Kier molecular flexibility index (Phi) is 5.82. The standard InChI is InChI=1S/C19H23ClF3N3O3/c1-11(2)17(27)25-8-12-3-5-18(7-12,10-25)14(9-26(28)29)15-13(19(21,22)23)4-6-24-16(15)20/h4,6,11-12,14H,3,5,7-10H2,1-2H3/t12-,14?,18-/m1/s1. The van der Waals surface area contributed by atoms with Gasteiger partial charge in [-0.25, -0.2) is 4.98 Å². The zero-order valence-electron chi connectivity index (χ0n) is 16.2. The van der Waals surface area contributed by atoms with Gasteiger partial charge in [-0.15, -0.1) is 0 Å². The molecule has 10 heteroatoms. The lowest BCUT2D eigenvalue weighted by Gasteiger charge is -2.45. The molecule has 1 unspecified atom stereocenters. The molecule has 0 radical (unpaired) electrons. The van der Waals surface area contributed by atoms with E-state index in [4.69, 9.17) is 11.6 Å². The fourth-order valence-corrected chi connectivity index (χ4v) is 5.34. The summed E-state index contributed by atoms with van der Waals surface area (Å²) in [7, 11) is 0. The lowest BCUT2D eigenvalue weighted by molar-refractivity contribution is -0.486. The Morgan fingerprint density at radius 2 is 2.17 bits per heavy atom. The number of hydrogen-bond donors (Lipinski definition) is 0. The molecule has 1 aromatic heterocycles. The van der Waals surface area contributed by atoms with Crippen LogP contribution in [0.15, 0.2) is 12.3 Å². The Hall–Kier alpha value is -1.90. The predicted molar refractivity (Wildman–Crippen MR) is 100 cm³/mol. The molecule has 6 nitrogen and oxygen atoms in total. The van der Waals surface area contributed by atoms with Gasteiger partial charge in [-0.2, -0.15) is 13.2 Å². The van der Waals surface area contributed by atoms with Crippen LogP contribution in [0.25, 0.3) is 0 Å². The predicted octanol–water partition coefficient (Wildman–Crippen LogP) is 4.40. The van der Waals surface area contributed by atoms with E-state index in [0.717, 1.165) is 18.7 Å². The van der Waals surface area contributed by atoms with Gasteiger partial charge in [-0.1, -0.05) is 25.4 Å². The monoisotopic (exact) mass is 433 g/mol. The number of pyridine rings is 1. The maximum Gasteiger partial charge on any atom is 0.416 e. The highest BCUT2D eigenvalue weighted by molar-refractivity contribution is 6.30. The topological polar surface area (TPSA) is 76.3 Å². The number of aromatic nitrogens is 1. The van der Waals surface area contributed by atoms with E-state index in [1.165, 1.54) is 0 Å². The van der Waals surface area contributed by atoms with Gasteiger partial charge in [0.2, 0.25) is 12.5 Å². The van der Waals surface area contributed by atoms with Crippen molar-refractivity contribution >= 4 is 17.5 Å². The minimum atomic E-state index is -4.71. The summed E-state index contributed by atoms with van der Waals surface area (Å²) in [6.45, 7) is 3.57. The summed E-state index contributed by atoms with van der Waals surface area (Å²) < 4.78 is 41.2. The summed E-state index contributed by atoms with van der Waals surface area (Å²) in [4.78, 5) is 28.9. The quantitative estimate of drug-likeness (QED) is 0.392. The molecule has 0 spiro atoms. The van der Waals surface area contributed by atoms with Crippen molar-refractivity contribution in [2.24, 2.45) is 17.3 Å². The first-order valence-electron chi connectivity index (χ1n) is 9.57. The maximum absolute atomic E-state index is 13.7. The minimum Gasteiger partial charge on any atom is -0.342 e. The lowest BCUT2D eigenvalue weighted by atomic mass is 9.67. The summed E-state index contributed by atoms with van der Waals surface area (Å²) in [6, 6.07) is 0.817. The molecule has 3 atom stereocenters. The lowest BCUT2D eigenvalue weighted by Crippen LogP contribution is -2.50. The second-order valence-electron chi connectivity index (χ2n) is 8.47. The number of nitrogens with zero attached hydrogens (tertiary/aromatic N) is 3. The first kappa shape index (κ1) is 21.8. The van der Waals surface area contributed by atoms with Crippen molar-refractivity contribution in [1.82, 2.24) is 9.88 Å². The van der Waals surface area contributed by atoms with Crippen LogP contribution in [0, 0.1) is 27.4 Å². The third-order valence-electron chi connectivity index (χ3n) is 6.20. The van der Waals surface area contributed by atoms with Gasteiger partial charge >= 0.3 is 6.18 Å². The van der Waals surface area contributed by atoms with Gasteiger partial charge in [0.05, 0.1) is 11.5 Å². The molecule has 160 valence electrons. The van der Waals surface area contributed by atoms with Crippen molar-refractivity contribution in [3.8, 4) is 0 Å². The van der Waals surface area contributed by atoms with Crippen LogP contribution in [0.5, 0.6) is 0 Å². The molecular formula is C19H23ClF3N3O3. The number of carbonyl (C=O) groups is 1. The largest absolute Gasteiger partial charge is 0.416 e. The van der Waals surface area contributed by atoms with E-state index in [1.807, 2.05) is 0 Å². The summed E-state index contributed by atoms with van der Waals surface area (Å²) in [5.74, 6) is -1.31. The number of hydrogen-bond acceptors (Lipinski definition) is 4. The third kappa shape index (κ3) is 4.20. The van der Waals surface area contributed by atoms with Gasteiger partial charge in [0.1, 0.15) is 5.15 Å². The highest BCUT2D eigenvalue weighted by Crippen LogP contribution is 2.56. The van der Waals surface area contributed by atoms with Gasteiger partial charge in [0.25, 0.3) is 0 Å². The van der Waals surface area contributed by atoms with E-state index >= 15 is 0 Å². The number of fused-ring (bicyclic) bond motifs is 2. The second kappa shape index (κ2) is 7.74. The molecule has 1 aliphatic carbocycles. The highest BCUT2D eigenvalue weighted by atomic mass is 35.5. The van der Waals surface area contributed by atoms with Crippen LogP contribution >= 0.6 is 11.6 Å². The number of alkyl halides is 3. The van der Waals surface area contributed by atoms with Gasteiger partial charge in [0.15, 0.2) is 0 Å². The van der Waals surface area contributed by atoms with Crippen molar-refractivity contribution in [3.63, 3.8) is 0 Å². The Morgan fingerprint density at radius 1 is 1.48 bits per heavy atom. The zero-order chi connectivity index (χ0) is 21.6. The zero-order valence-corrected chi connectivity index (χ0v) is 17.0. The number of nitro groups is 1. The smallest absolute Gasteiger partial charge is 0.342 e. The van der Waals surface area contributed by atoms with Gasteiger partial charge < -0.3 is 4.90 Å². The average molecular weight is 434 g/mol. The van der Waals surface area contributed by atoms with E-state index in [1.54, 1.807) is 18.7 Å². The molecular weight excluding hydrogens is 411 g/mol. The van der Waals surface area contributed by atoms with Crippen LogP contribution in [-0.4, -0.2) is 40.3 Å². The molecule has 2 fully saturated rings. The van der Waals surface area contributed by atoms with E-state index in [9.17, 15) is 28.1 Å². The molecule has 2 heterocycles. The van der Waals surface area contributed by atoms with Crippen LogP contribution < -0.4 is 0 Å². The minimum absolute atomic E-state index is 0.0887. The van der Waals surface area contributed by atoms with Crippen molar-refractivity contribution in [3.05, 3.63) is 38.7 Å². The van der Waals surface area contributed by atoms with Gasteiger partial charge in [-0.3, -0.25) is 14.9 Å². The first-order valence-corrected chi connectivity index (χ1v) is 9.94. The summed E-state index contributed by atoms with van der Waals surface area (Å²) in [5.41, 5.74) is -2.14. The number of halogens is 4. The molecule has 0 N–H and O–H groups in total. The average Bonchev–Trinajstić information content (AvgIpc) is 2.93. The van der Waals surface area contributed by atoms with Crippen LogP contribution in [0.2, 0.25) is 5.15 Å². The molecule has 1 aromatic rings. The third-order valence-corrected chi connectivity index (χ3v) is 6.50. The number of rotatable bonds is 5. The van der Waals surface area contributed by atoms with E-state index < -0.39 is 34.5 Å². The fraction of sp³-hybridized carbons (Fsp3) is 0.684. The van der Waals surface area contributed by atoms with Crippen molar-refractivity contribution in [1.29, 1.82) is 0 Å². The first-order chi connectivity index (χ1) is 13.4. The van der Waals surface area contributed by atoms with Crippen LogP contribution in [-0.2, 0) is 11.0 Å². The Labute approximate surface area is 171 Å². The molecule has 1 aliphatic heterocycles. The van der Waals surface area contributed by atoms with Crippen molar-refractivity contribution in [2.75, 3.05) is 19.6 Å². The van der Waals surface area contributed by atoms with Crippen LogP contribution in [0.1, 0.15) is 50.2 Å². The Morgan fingerprint density at radius 3 is 2.76 bits per heavy atom. The Balaban J connectivity index is 2.11. The van der Waals surface area contributed by atoms with E-state index in [-0.39, 0.29) is 35.0 Å². The highest BCUT2D eigenvalue weighted by Gasteiger charge is 2.54. The number of piperidine rings is 1. The van der Waals surface area contributed by atoms with Crippen LogP contribution in [0.4, 0.5) is 13.2 Å². The van der Waals surface area contributed by atoms with E-state index in [2.05, 4.69) is 4.98 Å². The molecule has 2 bridgehead atoms. The molecule has 1 amide bonds. The van der Waals surface area contributed by atoms with Gasteiger partial charge in [-0.05, 0) is 31.2 Å². The molecule has 1 saturated heterocycles. The summed E-state index contributed by atoms with van der Waals surface area (Å²) in [5, 5.41) is 11.1. The number of carbonyl (C=O) groups excluding carboxylic acids is 1. The molecule has 3 rings (SSSR count). The molecule has 0 aromatic carbocycles. The van der Waals surface area contributed by atoms with E-state index in [0.29, 0.717) is 19.4 Å². The second-order valence-corrected chi connectivity index (χ2v) is 8.83. The van der Waals surface area contributed by atoms with Crippen molar-refractivity contribution < 1.29 is 22.9 Å². The summed E-state index contributed by atoms with van der Waals surface area (Å²) in [6.07, 6.45) is -1.98. The summed E-state index contributed by atoms with van der Waals surface area (Å²) >= 11 is 6.10. The van der Waals surface area contributed by atoms with Crippen molar-refractivity contribution in [2.45, 2.75) is 45.2 Å². The molecule has 1 saturated carbocycles. The van der Waals surface area contributed by atoms with Gasteiger partial charge in [0, 0.05) is 41.1 Å². The Bertz CT molecular complexity index is 818. The molecule has 2 aliphatic rings. The SMILES string of the molecule is CC(C)C(=O)N1C[C@@H]2CC[C@@](C(C[N+](=O)[O-])c3c(C(F)(F)F)ccnc3Cl)(C2)C1. The maximum atomic E-state index is 13.7.